The molecule has 0 saturated heterocycles. The number of phenolic OH excluding ortho intramolecular Hbond substituents is 1. The average molecular weight is 267 g/mol. The molecule has 2 N–H and O–H groups in total. The molecule has 0 unspecified atom stereocenters. The van der Waals surface area contributed by atoms with Gasteiger partial charge < -0.3 is 10.4 Å². The van der Waals surface area contributed by atoms with Crippen molar-refractivity contribution in [2.45, 2.75) is 13.8 Å². The Morgan fingerprint density at radius 3 is 2.30 bits per heavy atom. The molecule has 0 aliphatic rings. The smallest absolute Gasteiger partial charge is 0.248 e. The second kappa shape index (κ2) is 6.06. The Hall–Kier alpha value is -2.55. The van der Waals surface area contributed by atoms with Crippen LogP contribution in [-0.4, -0.2) is 11.0 Å². The molecule has 2 aromatic carbocycles. The standard InChI is InChI=1S/C17H17NO2/c1-12-10-15(19)11-13(2)17(12)18-16(20)9-8-14-6-4-3-5-7-14/h3-11,19H,1-2H3,(H,18,20). The lowest BCUT2D eigenvalue weighted by Crippen LogP contribution is -2.10. The minimum absolute atomic E-state index is 0.189. The zero-order valence-corrected chi connectivity index (χ0v) is 11.6. The summed E-state index contributed by atoms with van der Waals surface area (Å²) in [5.74, 6) is 0.0172. The van der Waals surface area contributed by atoms with Gasteiger partial charge in [-0.15, -0.1) is 0 Å². The average Bonchev–Trinajstić information content (AvgIpc) is 2.42. The maximum atomic E-state index is 11.9. The van der Waals surface area contributed by atoms with Crippen molar-refractivity contribution < 1.29 is 9.90 Å². The van der Waals surface area contributed by atoms with E-state index in [0.29, 0.717) is 0 Å². The summed E-state index contributed by atoms with van der Waals surface area (Å²) in [5.41, 5.74) is 3.39. The van der Waals surface area contributed by atoms with E-state index in [0.717, 1.165) is 22.4 Å². The fourth-order valence-corrected chi connectivity index (χ4v) is 2.04. The number of benzene rings is 2. The highest BCUT2D eigenvalue weighted by molar-refractivity contribution is 6.02. The Morgan fingerprint density at radius 2 is 1.70 bits per heavy atom. The van der Waals surface area contributed by atoms with Gasteiger partial charge >= 0.3 is 0 Å². The third-order valence-electron chi connectivity index (χ3n) is 2.99. The van der Waals surface area contributed by atoms with E-state index in [1.54, 1.807) is 18.2 Å². The van der Waals surface area contributed by atoms with E-state index < -0.39 is 0 Å². The first-order valence-corrected chi connectivity index (χ1v) is 6.40. The number of anilines is 1. The van der Waals surface area contributed by atoms with Crippen LogP contribution in [0, 0.1) is 13.8 Å². The highest BCUT2D eigenvalue weighted by atomic mass is 16.3. The number of phenols is 1. The van der Waals surface area contributed by atoms with Crippen LogP contribution in [0.15, 0.2) is 48.5 Å². The third-order valence-corrected chi connectivity index (χ3v) is 2.99. The highest BCUT2D eigenvalue weighted by Crippen LogP contribution is 2.25. The quantitative estimate of drug-likeness (QED) is 0.658. The predicted octanol–water partition coefficient (Wildman–Crippen LogP) is 3.66. The molecule has 0 aliphatic carbocycles. The fraction of sp³-hybridized carbons (Fsp3) is 0.118. The van der Waals surface area contributed by atoms with Gasteiger partial charge in [0.05, 0.1) is 0 Å². The molecule has 0 aliphatic heterocycles. The zero-order valence-electron chi connectivity index (χ0n) is 11.6. The molecule has 1 amide bonds. The summed E-state index contributed by atoms with van der Waals surface area (Å²) in [4.78, 5) is 11.9. The normalized spacial score (nSPS) is 10.7. The Kier molecular flexibility index (Phi) is 4.20. The summed E-state index contributed by atoms with van der Waals surface area (Å²) >= 11 is 0. The lowest BCUT2D eigenvalue weighted by molar-refractivity contribution is -0.111. The second-order valence-electron chi connectivity index (χ2n) is 4.69. The molecule has 0 radical (unpaired) electrons. The molecule has 0 aromatic heterocycles. The van der Waals surface area contributed by atoms with Gasteiger partial charge in [-0.25, -0.2) is 0 Å². The van der Waals surface area contributed by atoms with Gasteiger partial charge in [-0.2, -0.15) is 0 Å². The van der Waals surface area contributed by atoms with Crippen molar-refractivity contribution in [1.82, 2.24) is 0 Å². The maximum Gasteiger partial charge on any atom is 0.248 e. The molecule has 0 heterocycles. The first-order valence-electron chi connectivity index (χ1n) is 6.40. The molecule has 3 heteroatoms. The van der Waals surface area contributed by atoms with Gasteiger partial charge in [0.25, 0.3) is 0 Å². The molecule has 0 atom stereocenters. The Morgan fingerprint density at radius 1 is 1.10 bits per heavy atom. The van der Waals surface area contributed by atoms with Crippen LogP contribution in [0.4, 0.5) is 5.69 Å². The van der Waals surface area contributed by atoms with Crippen molar-refractivity contribution in [2.24, 2.45) is 0 Å². The molecule has 20 heavy (non-hydrogen) atoms. The van der Waals surface area contributed by atoms with E-state index in [2.05, 4.69) is 5.32 Å². The van der Waals surface area contributed by atoms with E-state index >= 15 is 0 Å². The lowest BCUT2D eigenvalue weighted by Gasteiger charge is -2.10. The van der Waals surface area contributed by atoms with E-state index in [1.807, 2.05) is 44.2 Å². The van der Waals surface area contributed by atoms with Crippen molar-refractivity contribution in [1.29, 1.82) is 0 Å². The van der Waals surface area contributed by atoms with Gasteiger partial charge in [-0.3, -0.25) is 4.79 Å². The van der Waals surface area contributed by atoms with Gasteiger partial charge in [0.2, 0.25) is 5.91 Å². The lowest BCUT2D eigenvalue weighted by atomic mass is 10.1. The fourth-order valence-electron chi connectivity index (χ4n) is 2.04. The van der Waals surface area contributed by atoms with Crippen LogP contribution in [-0.2, 0) is 4.79 Å². The highest BCUT2D eigenvalue weighted by Gasteiger charge is 2.06. The first-order chi connectivity index (χ1) is 9.56. The number of aryl methyl sites for hydroxylation is 2. The van der Waals surface area contributed by atoms with Crippen molar-refractivity contribution in [3.63, 3.8) is 0 Å². The number of carbonyl (C=O) groups is 1. The molecular formula is C17H17NO2. The van der Waals surface area contributed by atoms with Crippen LogP contribution in [0.1, 0.15) is 16.7 Å². The van der Waals surface area contributed by atoms with Gasteiger partial charge in [-0.05, 0) is 48.7 Å². The monoisotopic (exact) mass is 267 g/mol. The molecule has 2 rings (SSSR count). The Balaban J connectivity index is 2.11. The molecule has 0 bridgehead atoms. The SMILES string of the molecule is Cc1cc(O)cc(C)c1NC(=O)C=Cc1ccccc1. The third kappa shape index (κ3) is 3.48. The number of carbonyl (C=O) groups excluding carboxylic acids is 1. The molecule has 2 aromatic rings. The predicted molar refractivity (Wildman–Crippen MR) is 81.7 cm³/mol. The minimum Gasteiger partial charge on any atom is -0.508 e. The van der Waals surface area contributed by atoms with Crippen LogP contribution in [0.25, 0.3) is 6.08 Å². The van der Waals surface area contributed by atoms with Gasteiger partial charge in [0, 0.05) is 11.8 Å². The summed E-state index contributed by atoms with van der Waals surface area (Å²) in [5, 5.41) is 12.3. The Labute approximate surface area is 118 Å². The number of aromatic hydroxyl groups is 1. The topological polar surface area (TPSA) is 49.3 Å². The molecule has 0 spiro atoms. The molecular weight excluding hydrogens is 250 g/mol. The molecule has 3 nitrogen and oxygen atoms in total. The second-order valence-corrected chi connectivity index (χ2v) is 4.69. The summed E-state index contributed by atoms with van der Waals surface area (Å²) in [7, 11) is 0. The first kappa shape index (κ1) is 13.9. The molecule has 0 fully saturated rings. The van der Waals surface area contributed by atoms with Crippen molar-refractivity contribution >= 4 is 17.7 Å². The number of rotatable bonds is 3. The van der Waals surface area contributed by atoms with Gasteiger partial charge in [-0.1, -0.05) is 30.3 Å². The van der Waals surface area contributed by atoms with E-state index in [-0.39, 0.29) is 11.7 Å². The van der Waals surface area contributed by atoms with Gasteiger partial charge in [0.1, 0.15) is 5.75 Å². The van der Waals surface area contributed by atoms with Crippen molar-refractivity contribution in [3.05, 3.63) is 65.2 Å². The van der Waals surface area contributed by atoms with Crippen LogP contribution in [0.3, 0.4) is 0 Å². The number of nitrogens with one attached hydrogen (secondary N) is 1. The van der Waals surface area contributed by atoms with Gasteiger partial charge in [0.15, 0.2) is 0 Å². The zero-order chi connectivity index (χ0) is 14.5. The van der Waals surface area contributed by atoms with Crippen LogP contribution in [0.5, 0.6) is 5.75 Å². The summed E-state index contributed by atoms with van der Waals surface area (Å²) in [6.07, 6.45) is 3.27. The van der Waals surface area contributed by atoms with Crippen molar-refractivity contribution in [2.75, 3.05) is 5.32 Å². The molecule has 0 saturated carbocycles. The summed E-state index contributed by atoms with van der Waals surface area (Å²) in [6.45, 7) is 3.70. The van der Waals surface area contributed by atoms with Crippen LogP contribution in [0.2, 0.25) is 0 Å². The largest absolute Gasteiger partial charge is 0.508 e. The minimum atomic E-state index is -0.189. The van der Waals surface area contributed by atoms with Crippen molar-refractivity contribution in [3.8, 4) is 5.75 Å². The number of hydrogen-bond acceptors (Lipinski definition) is 2. The summed E-state index contributed by atoms with van der Waals surface area (Å²) < 4.78 is 0. The number of hydrogen-bond donors (Lipinski definition) is 2. The van der Waals surface area contributed by atoms with Crippen LogP contribution < -0.4 is 5.32 Å². The van der Waals surface area contributed by atoms with E-state index in [9.17, 15) is 9.90 Å². The summed E-state index contributed by atoms with van der Waals surface area (Å²) in [6, 6.07) is 12.9. The Bertz CT molecular complexity index is 622. The molecule has 102 valence electrons. The van der Waals surface area contributed by atoms with E-state index in [4.69, 9.17) is 0 Å². The number of amides is 1. The van der Waals surface area contributed by atoms with Crippen LogP contribution >= 0.6 is 0 Å². The maximum absolute atomic E-state index is 11.9. The van der Waals surface area contributed by atoms with E-state index in [1.165, 1.54) is 6.08 Å².